The van der Waals surface area contributed by atoms with Gasteiger partial charge in [0.2, 0.25) is 0 Å². The Kier molecular flexibility index (Phi) is 6.24. The molecule has 11 heteroatoms. The Labute approximate surface area is 177 Å². The molecular formula is C19H20F3NO5S2. The van der Waals surface area contributed by atoms with Crippen LogP contribution in [-0.4, -0.2) is 55.0 Å². The molecule has 2 fully saturated rings. The van der Waals surface area contributed by atoms with Gasteiger partial charge >= 0.3 is 12.1 Å². The van der Waals surface area contributed by atoms with Crippen LogP contribution in [0.15, 0.2) is 29.2 Å². The zero-order valence-electron chi connectivity index (χ0n) is 16.0. The first-order chi connectivity index (χ1) is 14.0. The SMILES string of the molecule is COC(=O)C1C[C@@H](S(=O)(=O)c2ccccc2C(F)(F)F)CN1C(=S)CC(=O)C1CC1. The number of halogens is 3. The largest absolute Gasteiger partial charge is 0.467 e. The number of methoxy groups -OCH3 is 1. The Bertz CT molecular complexity index is 973. The number of sulfone groups is 1. The van der Waals surface area contributed by atoms with Crippen LogP contribution in [-0.2, 0) is 30.3 Å². The van der Waals surface area contributed by atoms with Gasteiger partial charge in [-0.2, -0.15) is 13.2 Å². The van der Waals surface area contributed by atoms with Gasteiger partial charge in [-0.1, -0.05) is 24.4 Å². The summed E-state index contributed by atoms with van der Waals surface area (Å²) in [6.45, 7) is -0.287. The van der Waals surface area contributed by atoms with Crippen molar-refractivity contribution in [3.05, 3.63) is 29.8 Å². The van der Waals surface area contributed by atoms with Crippen LogP contribution in [0.2, 0.25) is 0 Å². The van der Waals surface area contributed by atoms with Crippen molar-refractivity contribution in [2.75, 3.05) is 13.7 Å². The molecule has 1 unspecified atom stereocenters. The number of ketones is 1. The van der Waals surface area contributed by atoms with E-state index in [9.17, 15) is 31.2 Å². The quantitative estimate of drug-likeness (QED) is 0.474. The summed E-state index contributed by atoms with van der Waals surface area (Å²) in [4.78, 5) is 24.9. The highest BCUT2D eigenvalue weighted by molar-refractivity contribution is 7.92. The molecule has 1 saturated carbocycles. The zero-order chi connectivity index (χ0) is 22.3. The molecule has 2 aliphatic rings. The number of hydrogen-bond acceptors (Lipinski definition) is 6. The number of thiocarbonyl (C=S) groups is 1. The maximum Gasteiger partial charge on any atom is 0.417 e. The summed E-state index contributed by atoms with van der Waals surface area (Å²) in [5.41, 5.74) is -1.26. The van der Waals surface area contributed by atoms with E-state index < -0.39 is 43.7 Å². The lowest BCUT2D eigenvalue weighted by atomic mass is 10.1. The summed E-state index contributed by atoms with van der Waals surface area (Å²) >= 11 is 5.28. The van der Waals surface area contributed by atoms with Gasteiger partial charge in [-0.25, -0.2) is 13.2 Å². The number of esters is 1. The van der Waals surface area contributed by atoms with Crippen LogP contribution in [0.3, 0.4) is 0 Å². The second-order valence-electron chi connectivity index (χ2n) is 7.40. The number of nitrogens with zero attached hydrogens (tertiary/aromatic N) is 1. The van der Waals surface area contributed by atoms with Crippen molar-refractivity contribution in [2.45, 2.75) is 48.0 Å². The van der Waals surface area contributed by atoms with Gasteiger partial charge in [-0.15, -0.1) is 0 Å². The van der Waals surface area contributed by atoms with Crippen molar-refractivity contribution < 1.29 is 35.9 Å². The highest BCUT2D eigenvalue weighted by Gasteiger charge is 2.47. The summed E-state index contributed by atoms with van der Waals surface area (Å²) in [6, 6.07) is 2.86. The molecular weight excluding hydrogens is 443 g/mol. The average molecular weight is 463 g/mol. The Morgan fingerprint density at radius 1 is 1.23 bits per heavy atom. The molecule has 0 aromatic heterocycles. The van der Waals surface area contributed by atoms with Gasteiger partial charge in [0, 0.05) is 12.5 Å². The van der Waals surface area contributed by atoms with Crippen LogP contribution in [0.25, 0.3) is 0 Å². The van der Waals surface area contributed by atoms with Gasteiger partial charge in [0.05, 0.1) is 34.2 Å². The van der Waals surface area contributed by atoms with Crippen molar-refractivity contribution in [1.82, 2.24) is 4.90 Å². The first kappa shape index (κ1) is 22.7. The third kappa shape index (κ3) is 4.51. The first-order valence-corrected chi connectivity index (χ1v) is 11.2. The van der Waals surface area contributed by atoms with Gasteiger partial charge in [0.1, 0.15) is 11.8 Å². The molecule has 164 valence electrons. The maximum atomic E-state index is 13.3. The Morgan fingerprint density at radius 3 is 2.43 bits per heavy atom. The molecule has 0 amide bonds. The van der Waals surface area contributed by atoms with E-state index in [1.807, 2.05) is 0 Å². The minimum absolute atomic E-state index is 0.0691. The number of rotatable bonds is 6. The molecule has 0 spiro atoms. The number of carbonyl (C=O) groups is 2. The van der Waals surface area contributed by atoms with Crippen molar-refractivity contribution in [1.29, 1.82) is 0 Å². The summed E-state index contributed by atoms with van der Waals surface area (Å²) < 4.78 is 70.9. The molecule has 3 rings (SSSR count). The van der Waals surface area contributed by atoms with Gasteiger partial charge in [-0.3, -0.25) is 4.79 Å². The van der Waals surface area contributed by atoms with E-state index in [4.69, 9.17) is 17.0 Å². The van der Waals surface area contributed by atoms with Crippen molar-refractivity contribution in [2.24, 2.45) is 5.92 Å². The minimum atomic E-state index is -4.85. The van der Waals surface area contributed by atoms with Crippen molar-refractivity contribution in [3.63, 3.8) is 0 Å². The molecule has 1 aliphatic carbocycles. The highest BCUT2D eigenvalue weighted by atomic mass is 32.2. The minimum Gasteiger partial charge on any atom is -0.467 e. The number of benzene rings is 1. The Morgan fingerprint density at radius 2 is 1.87 bits per heavy atom. The van der Waals surface area contributed by atoms with Crippen molar-refractivity contribution >= 4 is 38.8 Å². The molecule has 2 atom stereocenters. The summed E-state index contributed by atoms with van der Waals surface area (Å²) in [5, 5.41) is -1.31. The first-order valence-electron chi connectivity index (χ1n) is 9.27. The van der Waals surface area contributed by atoms with Crippen LogP contribution >= 0.6 is 12.2 Å². The number of alkyl halides is 3. The fraction of sp³-hybridized carbons (Fsp3) is 0.526. The lowest BCUT2D eigenvalue weighted by Gasteiger charge is -2.25. The number of ether oxygens (including phenoxy) is 1. The number of hydrogen-bond donors (Lipinski definition) is 0. The lowest BCUT2D eigenvalue weighted by molar-refractivity contribution is -0.144. The summed E-state index contributed by atoms with van der Waals surface area (Å²) in [5.74, 6) is -0.907. The van der Waals surface area contributed by atoms with Crippen LogP contribution in [0.4, 0.5) is 13.2 Å². The fourth-order valence-electron chi connectivity index (χ4n) is 3.59. The molecule has 1 aromatic carbocycles. The molecule has 6 nitrogen and oxygen atoms in total. The third-order valence-electron chi connectivity index (χ3n) is 5.35. The van der Waals surface area contributed by atoms with Gasteiger partial charge in [0.15, 0.2) is 9.84 Å². The van der Waals surface area contributed by atoms with E-state index in [0.717, 1.165) is 32.1 Å². The standard InChI is InChI=1S/C19H20F3NO5S2/c1-28-18(25)14-8-12(10-23(14)17(29)9-15(24)11-6-7-11)30(26,27)16-5-3-2-4-13(16)19(20,21)22/h2-5,11-12,14H,6-10H2,1H3/t12-,14?/m1/s1. The van der Waals surface area contributed by atoms with E-state index >= 15 is 0 Å². The zero-order valence-corrected chi connectivity index (χ0v) is 17.6. The summed E-state index contributed by atoms with van der Waals surface area (Å²) in [6.07, 6.45) is -3.70. The second-order valence-corrected chi connectivity index (χ2v) is 10.1. The monoisotopic (exact) mass is 463 g/mol. The fourth-order valence-corrected chi connectivity index (χ4v) is 5.84. The topological polar surface area (TPSA) is 80.8 Å². The second kappa shape index (κ2) is 8.26. The number of carbonyl (C=O) groups excluding carboxylic acids is 2. The number of likely N-dealkylation sites (tertiary alicyclic amines) is 1. The lowest BCUT2D eigenvalue weighted by Crippen LogP contribution is -2.41. The van der Waals surface area contributed by atoms with Crippen LogP contribution in [0.1, 0.15) is 31.2 Å². The van der Waals surface area contributed by atoms with Gasteiger partial charge < -0.3 is 9.64 Å². The smallest absolute Gasteiger partial charge is 0.417 e. The molecule has 30 heavy (non-hydrogen) atoms. The van der Waals surface area contributed by atoms with Crippen LogP contribution < -0.4 is 0 Å². The average Bonchev–Trinajstić information content (AvgIpc) is 3.44. The molecule has 1 aliphatic heterocycles. The molecule has 1 heterocycles. The van der Waals surface area contributed by atoms with Crippen LogP contribution in [0, 0.1) is 5.92 Å². The Hall–Kier alpha value is -2.01. The van der Waals surface area contributed by atoms with E-state index in [1.165, 1.54) is 11.0 Å². The Balaban J connectivity index is 1.90. The highest BCUT2D eigenvalue weighted by Crippen LogP contribution is 2.38. The molecule has 1 saturated heterocycles. The predicted molar refractivity (Wildman–Crippen MR) is 104 cm³/mol. The van der Waals surface area contributed by atoms with Gasteiger partial charge in [-0.05, 0) is 31.4 Å². The normalized spacial score (nSPS) is 22.1. The third-order valence-corrected chi connectivity index (χ3v) is 7.92. The molecule has 1 aromatic rings. The maximum absolute atomic E-state index is 13.3. The van der Waals surface area contributed by atoms with Crippen LogP contribution in [0.5, 0.6) is 0 Å². The van der Waals surface area contributed by atoms with Gasteiger partial charge in [0.25, 0.3) is 0 Å². The van der Waals surface area contributed by atoms with E-state index in [0.29, 0.717) is 6.07 Å². The number of Topliss-reactive ketones (excluding diaryl/α,β-unsaturated/α-hetero) is 1. The van der Waals surface area contributed by atoms with E-state index in [2.05, 4.69) is 0 Å². The molecule has 0 N–H and O–H groups in total. The van der Waals surface area contributed by atoms with Crippen molar-refractivity contribution in [3.8, 4) is 0 Å². The van der Waals surface area contributed by atoms with E-state index in [-0.39, 0.29) is 36.1 Å². The molecule has 0 bridgehead atoms. The predicted octanol–water partition coefficient (Wildman–Crippen LogP) is 2.79. The summed E-state index contributed by atoms with van der Waals surface area (Å²) in [7, 11) is -3.32. The molecule has 0 radical (unpaired) electrons. The van der Waals surface area contributed by atoms with E-state index in [1.54, 1.807) is 0 Å².